The Kier molecular flexibility index (Phi) is 4.27. The molecule has 1 aromatic carbocycles. The summed E-state index contributed by atoms with van der Waals surface area (Å²) in [5.41, 5.74) is 0. The van der Waals surface area contributed by atoms with Gasteiger partial charge in [0.2, 0.25) is 0 Å². The zero-order valence-corrected chi connectivity index (χ0v) is 10.6. The van der Waals surface area contributed by atoms with E-state index in [0.29, 0.717) is 18.0 Å². The second-order valence-corrected chi connectivity index (χ2v) is 4.91. The monoisotopic (exact) mass is 268 g/mol. The standard InChI is InChI=1S/C11H13FN4OS/c1-16-14-11(13-15-16)6-9(17)7-18-10-4-2-3-8(12)5-10/h2-5,9,17H,6-7H2,1H3. The van der Waals surface area contributed by atoms with Gasteiger partial charge in [-0.2, -0.15) is 4.80 Å². The maximum atomic E-state index is 12.9. The van der Waals surface area contributed by atoms with Crippen molar-refractivity contribution in [3.63, 3.8) is 0 Å². The number of halogens is 1. The van der Waals surface area contributed by atoms with Gasteiger partial charge in [0.05, 0.1) is 13.2 Å². The van der Waals surface area contributed by atoms with Gasteiger partial charge in [0, 0.05) is 17.1 Å². The van der Waals surface area contributed by atoms with Crippen molar-refractivity contribution < 1.29 is 9.50 Å². The van der Waals surface area contributed by atoms with E-state index >= 15 is 0 Å². The van der Waals surface area contributed by atoms with Crippen molar-refractivity contribution in [2.24, 2.45) is 7.05 Å². The van der Waals surface area contributed by atoms with E-state index < -0.39 is 6.10 Å². The average molecular weight is 268 g/mol. The van der Waals surface area contributed by atoms with E-state index in [1.54, 1.807) is 19.2 Å². The van der Waals surface area contributed by atoms with Crippen LogP contribution in [0.15, 0.2) is 29.2 Å². The maximum absolute atomic E-state index is 12.9. The quantitative estimate of drug-likeness (QED) is 0.821. The Balaban J connectivity index is 1.83. The number of aryl methyl sites for hydroxylation is 1. The van der Waals surface area contributed by atoms with Crippen LogP contribution < -0.4 is 0 Å². The molecule has 0 saturated heterocycles. The Morgan fingerprint density at radius 2 is 2.33 bits per heavy atom. The predicted octanol–water partition coefficient (Wildman–Crippen LogP) is 1.04. The van der Waals surface area contributed by atoms with Crippen LogP contribution in [0.4, 0.5) is 4.39 Å². The number of hydrogen-bond acceptors (Lipinski definition) is 5. The highest BCUT2D eigenvalue weighted by Crippen LogP contribution is 2.20. The smallest absolute Gasteiger partial charge is 0.177 e. The van der Waals surface area contributed by atoms with Gasteiger partial charge in [0.1, 0.15) is 5.82 Å². The molecule has 7 heteroatoms. The van der Waals surface area contributed by atoms with E-state index in [-0.39, 0.29) is 5.82 Å². The normalized spacial score (nSPS) is 12.6. The molecule has 1 heterocycles. The second kappa shape index (κ2) is 5.92. The molecule has 0 saturated carbocycles. The van der Waals surface area contributed by atoms with Crippen molar-refractivity contribution in [3.05, 3.63) is 35.9 Å². The Labute approximate surface area is 108 Å². The van der Waals surface area contributed by atoms with Gasteiger partial charge in [-0.25, -0.2) is 4.39 Å². The van der Waals surface area contributed by atoms with Gasteiger partial charge < -0.3 is 5.11 Å². The van der Waals surface area contributed by atoms with E-state index in [4.69, 9.17) is 0 Å². The van der Waals surface area contributed by atoms with Crippen LogP contribution in [0, 0.1) is 5.82 Å². The van der Waals surface area contributed by atoms with Gasteiger partial charge in [-0.1, -0.05) is 6.07 Å². The number of aromatic nitrogens is 4. The van der Waals surface area contributed by atoms with Crippen LogP contribution in [-0.2, 0) is 13.5 Å². The van der Waals surface area contributed by atoms with Crippen LogP contribution in [0.3, 0.4) is 0 Å². The van der Waals surface area contributed by atoms with E-state index in [2.05, 4.69) is 15.4 Å². The van der Waals surface area contributed by atoms with Crippen molar-refractivity contribution in [1.29, 1.82) is 0 Å². The van der Waals surface area contributed by atoms with Gasteiger partial charge in [0.25, 0.3) is 0 Å². The number of hydrogen-bond donors (Lipinski definition) is 1. The first-order valence-electron chi connectivity index (χ1n) is 5.43. The molecule has 0 aliphatic heterocycles. The Hall–Kier alpha value is -1.47. The van der Waals surface area contributed by atoms with Crippen LogP contribution in [0.1, 0.15) is 5.82 Å². The van der Waals surface area contributed by atoms with Crippen molar-refractivity contribution in [2.45, 2.75) is 17.4 Å². The largest absolute Gasteiger partial charge is 0.392 e. The minimum Gasteiger partial charge on any atom is -0.392 e. The van der Waals surface area contributed by atoms with Crippen LogP contribution in [0.5, 0.6) is 0 Å². The van der Waals surface area contributed by atoms with Gasteiger partial charge in [-0.15, -0.1) is 22.0 Å². The van der Waals surface area contributed by atoms with Crippen LogP contribution in [0.2, 0.25) is 0 Å². The summed E-state index contributed by atoms with van der Waals surface area (Å²) in [4.78, 5) is 2.14. The Morgan fingerprint density at radius 1 is 1.50 bits per heavy atom. The molecule has 0 aliphatic rings. The van der Waals surface area contributed by atoms with Crippen LogP contribution >= 0.6 is 11.8 Å². The zero-order chi connectivity index (χ0) is 13.0. The summed E-state index contributed by atoms with van der Waals surface area (Å²) in [5, 5.41) is 21.3. The SMILES string of the molecule is Cn1nnc(CC(O)CSc2cccc(F)c2)n1. The Morgan fingerprint density at radius 3 is 3.00 bits per heavy atom. The summed E-state index contributed by atoms with van der Waals surface area (Å²) in [6.45, 7) is 0. The van der Waals surface area contributed by atoms with E-state index in [0.717, 1.165) is 4.90 Å². The minimum atomic E-state index is -0.581. The van der Waals surface area contributed by atoms with Crippen molar-refractivity contribution >= 4 is 11.8 Å². The molecule has 1 N–H and O–H groups in total. The molecule has 0 aliphatic carbocycles. The molecule has 0 radical (unpaired) electrons. The van der Waals surface area contributed by atoms with Crippen LogP contribution in [-0.4, -0.2) is 37.2 Å². The topological polar surface area (TPSA) is 63.8 Å². The summed E-state index contributed by atoms with van der Waals surface area (Å²) in [5.74, 6) is 0.691. The molecule has 1 aromatic heterocycles. The molecule has 1 atom stereocenters. The first-order valence-corrected chi connectivity index (χ1v) is 6.41. The molecule has 2 aromatic rings. The first kappa shape index (κ1) is 13.0. The molecule has 96 valence electrons. The fourth-order valence-corrected chi connectivity index (χ4v) is 2.30. The molecule has 5 nitrogen and oxygen atoms in total. The Bertz CT molecular complexity index is 519. The summed E-state index contributed by atoms with van der Waals surface area (Å²) in [6.07, 6.45) is -0.238. The lowest BCUT2D eigenvalue weighted by molar-refractivity contribution is 0.197. The number of rotatable bonds is 5. The lowest BCUT2D eigenvalue weighted by Crippen LogP contribution is -2.14. The number of aliphatic hydroxyl groups is 1. The zero-order valence-electron chi connectivity index (χ0n) is 9.82. The number of benzene rings is 1. The number of aliphatic hydroxyl groups excluding tert-OH is 1. The molecule has 0 bridgehead atoms. The predicted molar refractivity (Wildman–Crippen MR) is 65.6 cm³/mol. The van der Waals surface area contributed by atoms with Gasteiger partial charge in [-0.05, 0) is 23.4 Å². The third-order valence-corrected chi connectivity index (χ3v) is 3.35. The summed E-state index contributed by atoms with van der Waals surface area (Å²) in [7, 11) is 1.67. The fourth-order valence-electron chi connectivity index (χ4n) is 1.42. The highest BCUT2D eigenvalue weighted by atomic mass is 32.2. The lowest BCUT2D eigenvalue weighted by Gasteiger charge is -2.07. The average Bonchev–Trinajstić information content (AvgIpc) is 2.72. The maximum Gasteiger partial charge on any atom is 0.177 e. The highest BCUT2D eigenvalue weighted by molar-refractivity contribution is 7.99. The molecule has 0 fully saturated rings. The van der Waals surface area contributed by atoms with E-state index in [1.165, 1.54) is 28.7 Å². The number of thioether (sulfide) groups is 1. The van der Waals surface area contributed by atoms with Crippen molar-refractivity contribution in [2.75, 3.05) is 5.75 Å². The van der Waals surface area contributed by atoms with Gasteiger partial charge >= 0.3 is 0 Å². The van der Waals surface area contributed by atoms with Gasteiger partial charge in [0.15, 0.2) is 5.82 Å². The summed E-state index contributed by atoms with van der Waals surface area (Å²) in [6, 6.07) is 6.29. The minimum absolute atomic E-state index is 0.273. The van der Waals surface area contributed by atoms with E-state index in [9.17, 15) is 9.50 Å². The van der Waals surface area contributed by atoms with Crippen molar-refractivity contribution in [3.8, 4) is 0 Å². The molecular formula is C11H13FN4OS. The molecule has 2 rings (SSSR count). The fraction of sp³-hybridized carbons (Fsp3) is 0.364. The molecular weight excluding hydrogens is 255 g/mol. The number of nitrogens with zero attached hydrogens (tertiary/aromatic N) is 4. The van der Waals surface area contributed by atoms with E-state index in [1.807, 2.05) is 0 Å². The molecule has 0 spiro atoms. The lowest BCUT2D eigenvalue weighted by atomic mass is 10.3. The third-order valence-electron chi connectivity index (χ3n) is 2.21. The first-order chi connectivity index (χ1) is 8.63. The number of tetrazole rings is 1. The molecule has 1 unspecified atom stereocenters. The van der Waals surface area contributed by atoms with Crippen LogP contribution in [0.25, 0.3) is 0 Å². The van der Waals surface area contributed by atoms with Crippen molar-refractivity contribution in [1.82, 2.24) is 20.2 Å². The third kappa shape index (κ3) is 3.78. The summed E-state index contributed by atoms with van der Waals surface area (Å²) < 4.78 is 12.9. The van der Waals surface area contributed by atoms with Gasteiger partial charge in [-0.3, -0.25) is 0 Å². The molecule has 18 heavy (non-hydrogen) atoms. The summed E-state index contributed by atoms with van der Waals surface area (Å²) >= 11 is 1.40. The highest BCUT2D eigenvalue weighted by Gasteiger charge is 2.10. The second-order valence-electron chi connectivity index (χ2n) is 3.82. The molecule has 0 amide bonds.